The molecule has 0 heterocycles. The van der Waals surface area contributed by atoms with Crippen LogP contribution in [0.15, 0.2) is 30.5 Å². The van der Waals surface area contributed by atoms with Crippen LogP contribution in [-0.4, -0.2) is 25.0 Å². The largest absolute Gasteiger partial charge is 0.388 e. The van der Waals surface area contributed by atoms with Crippen molar-refractivity contribution < 1.29 is 4.79 Å². The molecule has 1 fully saturated rings. The molecule has 0 spiro atoms. The average molecular weight is 315 g/mol. The smallest absolute Gasteiger partial charge is 0.238 e. The molecule has 126 valence electrons. The van der Waals surface area contributed by atoms with Gasteiger partial charge in [0.1, 0.15) is 0 Å². The molecular weight excluding hydrogens is 286 g/mol. The van der Waals surface area contributed by atoms with E-state index in [0.717, 1.165) is 16.8 Å². The second-order valence-electron chi connectivity index (χ2n) is 6.35. The fourth-order valence-corrected chi connectivity index (χ4v) is 3.00. The Kier molecular flexibility index (Phi) is 7.14. The molecule has 1 aromatic carbocycles. The standard InChI is InChI=1S/C19H29N3O/c1-15-8-6-9-16(2)19(15)22-18(23)14-20-12-7-13-21-17-10-4-3-5-11-17/h6-9,13,17,20-21H,3-5,10-12,14H2,1-2H3,(H,22,23)/b13-7-. The first kappa shape index (κ1) is 17.5. The average Bonchev–Trinajstić information content (AvgIpc) is 2.55. The van der Waals surface area contributed by atoms with Crippen molar-refractivity contribution in [3.63, 3.8) is 0 Å². The summed E-state index contributed by atoms with van der Waals surface area (Å²) < 4.78 is 0. The summed E-state index contributed by atoms with van der Waals surface area (Å²) in [5.74, 6) is -0.00367. The van der Waals surface area contributed by atoms with Crippen molar-refractivity contribution in [2.24, 2.45) is 0 Å². The molecule has 0 aliphatic heterocycles. The van der Waals surface area contributed by atoms with E-state index in [1.165, 1.54) is 32.1 Å². The third kappa shape index (κ3) is 6.06. The highest BCUT2D eigenvalue weighted by molar-refractivity contribution is 5.93. The summed E-state index contributed by atoms with van der Waals surface area (Å²) in [4.78, 5) is 12.0. The summed E-state index contributed by atoms with van der Waals surface area (Å²) in [6.07, 6.45) is 10.7. The summed E-state index contributed by atoms with van der Waals surface area (Å²) in [7, 11) is 0. The Bertz CT molecular complexity index is 513. The van der Waals surface area contributed by atoms with Crippen molar-refractivity contribution in [1.29, 1.82) is 0 Å². The van der Waals surface area contributed by atoms with Crippen molar-refractivity contribution in [2.75, 3.05) is 18.4 Å². The number of benzene rings is 1. The van der Waals surface area contributed by atoms with E-state index in [1.807, 2.05) is 44.3 Å². The topological polar surface area (TPSA) is 53.2 Å². The van der Waals surface area contributed by atoms with Gasteiger partial charge in [-0.2, -0.15) is 0 Å². The predicted molar refractivity (Wildman–Crippen MR) is 96.6 cm³/mol. The quantitative estimate of drug-likeness (QED) is 0.677. The molecule has 0 unspecified atom stereocenters. The van der Waals surface area contributed by atoms with E-state index in [0.29, 0.717) is 19.1 Å². The number of anilines is 1. The minimum absolute atomic E-state index is 0.00367. The molecule has 1 aliphatic rings. The first-order valence-electron chi connectivity index (χ1n) is 8.64. The zero-order valence-electron chi connectivity index (χ0n) is 14.3. The maximum absolute atomic E-state index is 12.0. The van der Waals surface area contributed by atoms with Crippen LogP contribution in [0, 0.1) is 13.8 Å². The van der Waals surface area contributed by atoms with Gasteiger partial charge in [0.15, 0.2) is 0 Å². The lowest BCUT2D eigenvalue weighted by Gasteiger charge is -2.21. The second-order valence-corrected chi connectivity index (χ2v) is 6.35. The highest BCUT2D eigenvalue weighted by atomic mass is 16.1. The molecule has 0 atom stereocenters. The molecule has 23 heavy (non-hydrogen) atoms. The summed E-state index contributed by atoms with van der Waals surface area (Å²) in [6.45, 7) is 5.03. The van der Waals surface area contributed by atoms with Gasteiger partial charge in [-0.1, -0.05) is 43.5 Å². The Balaban J connectivity index is 1.63. The van der Waals surface area contributed by atoms with Gasteiger partial charge in [0.2, 0.25) is 5.91 Å². The van der Waals surface area contributed by atoms with E-state index in [1.54, 1.807) is 0 Å². The zero-order chi connectivity index (χ0) is 16.5. The number of nitrogens with one attached hydrogen (secondary N) is 3. The lowest BCUT2D eigenvalue weighted by Crippen LogP contribution is -2.29. The van der Waals surface area contributed by atoms with Crippen LogP contribution in [-0.2, 0) is 4.79 Å². The van der Waals surface area contributed by atoms with E-state index in [9.17, 15) is 4.79 Å². The second kappa shape index (κ2) is 9.36. The first-order chi connectivity index (χ1) is 11.2. The Labute approximate surface area is 139 Å². The van der Waals surface area contributed by atoms with Gasteiger partial charge in [0.25, 0.3) is 0 Å². The molecular formula is C19H29N3O. The number of para-hydroxylation sites is 1. The monoisotopic (exact) mass is 315 g/mol. The molecule has 0 saturated heterocycles. The van der Waals surface area contributed by atoms with Crippen LogP contribution in [0.3, 0.4) is 0 Å². The Morgan fingerprint density at radius 3 is 2.57 bits per heavy atom. The van der Waals surface area contributed by atoms with Crippen molar-refractivity contribution in [3.8, 4) is 0 Å². The lowest BCUT2D eigenvalue weighted by atomic mass is 9.96. The van der Waals surface area contributed by atoms with Crippen LogP contribution in [0.25, 0.3) is 0 Å². The first-order valence-corrected chi connectivity index (χ1v) is 8.64. The van der Waals surface area contributed by atoms with Crippen LogP contribution in [0.1, 0.15) is 43.2 Å². The minimum Gasteiger partial charge on any atom is -0.388 e. The molecule has 1 aliphatic carbocycles. The highest BCUT2D eigenvalue weighted by Gasteiger charge is 2.10. The Hall–Kier alpha value is -1.81. The molecule has 2 rings (SSSR count). The van der Waals surface area contributed by atoms with Gasteiger partial charge < -0.3 is 16.0 Å². The summed E-state index contributed by atoms with van der Waals surface area (Å²) >= 11 is 0. The van der Waals surface area contributed by atoms with Crippen molar-refractivity contribution in [1.82, 2.24) is 10.6 Å². The van der Waals surface area contributed by atoms with Gasteiger partial charge in [-0.25, -0.2) is 0 Å². The van der Waals surface area contributed by atoms with Gasteiger partial charge in [-0.3, -0.25) is 4.79 Å². The molecule has 0 radical (unpaired) electrons. The van der Waals surface area contributed by atoms with Gasteiger partial charge in [-0.05, 0) is 44.0 Å². The molecule has 0 bridgehead atoms. The minimum atomic E-state index is -0.00367. The van der Waals surface area contributed by atoms with Crippen molar-refractivity contribution in [3.05, 3.63) is 41.6 Å². The molecule has 4 heteroatoms. The maximum atomic E-state index is 12.0. The van der Waals surface area contributed by atoms with E-state index in [4.69, 9.17) is 0 Å². The SMILES string of the molecule is Cc1cccc(C)c1NC(=O)CNC/C=C\NC1CCCCC1. The zero-order valence-corrected chi connectivity index (χ0v) is 14.3. The van der Waals surface area contributed by atoms with Crippen LogP contribution >= 0.6 is 0 Å². The third-order valence-electron chi connectivity index (χ3n) is 4.35. The molecule has 0 aromatic heterocycles. The summed E-state index contributed by atoms with van der Waals surface area (Å²) in [5, 5.41) is 9.57. The van der Waals surface area contributed by atoms with Crippen molar-refractivity contribution >= 4 is 11.6 Å². The molecule has 4 nitrogen and oxygen atoms in total. The lowest BCUT2D eigenvalue weighted by molar-refractivity contribution is -0.115. The maximum Gasteiger partial charge on any atom is 0.238 e. The predicted octanol–water partition coefficient (Wildman–Crippen LogP) is 3.27. The van der Waals surface area contributed by atoms with Gasteiger partial charge in [-0.15, -0.1) is 0 Å². The van der Waals surface area contributed by atoms with Crippen LogP contribution in [0.5, 0.6) is 0 Å². The number of hydrogen-bond acceptors (Lipinski definition) is 3. The highest BCUT2D eigenvalue weighted by Crippen LogP contribution is 2.19. The molecule has 3 N–H and O–H groups in total. The fourth-order valence-electron chi connectivity index (χ4n) is 3.00. The fraction of sp³-hybridized carbons (Fsp3) is 0.526. The van der Waals surface area contributed by atoms with E-state index >= 15 is 0 Å². The van der Waals surface area contributed by atoms with Crippen molar-refractivity contribution in [2.45, 2.75) is 52.0 Å². The van der Waals surface area contributed by atoms with E-state index in [2.05, 4.69) is 16.0 Å². The summed E-state index contributed by atoms with van der Waals surface area (Å²) in [6, 6.07) is 6.65. The number of carbonyl (C=O) groups excluding carboxylic acids is 1. The number of carbonyl (C=O) groups is 1. The number of rotatable bonds is 7. The number of aryl methyl sites for hydroxylation is 2. The van der Waals surface area contributed by atoms with E-state index < -0.39 is 0 Å². The van der Waals surface area contributed by atoms with Gasteiger partial charge >= 0.3 is 0 Å². The molecule has 1 saturated carbocycles. The Morgan fingerprint density at radius 1 is 1.17 bits per heavy atom. The van der Waals surface area contributed by atoms with Gasteiger partial charge in [0.05, 0.1) is 6.54 Å². The molecule has 1 amide bonds. The Morgan fingerprint density at radius 2 is 1.87 bits per heavy atom. The molecule has 1 aromatic rings. The van der Waals surface area contributed by atoms with Gasteiger partial charge in [0, 0.05) is 18.3 Å². The normalized spacial score (nSPS) is 15.7. The van der Waals surface area contributed by atoms with Crippen LogP contribution in [0.4, 0.5) is 5.69 Å². The van der Waals surface area contributed by atoms with Crippen LogP contribution < -0.4 is 16.0 Å². The third-order valence-corrected chi connectivity index (χ3v) is 4.35. The summed E-state index contributed by atoms with van der Waals surface area (Å²) in [5.41, 5.74) is 3.11. The number of amides is 1. The van der Waals surface area contributed by atoms with Crippen LogP contribution in [0.2, 0.25) is 0 Å². The van der Waals surface area contributed by atoms with E-state index in [-0.39, 0.29) is 5.91 Å². The number of hydrogen-bond donors (Lipinski definition) is 3.